The first kappa shape index (κ1) is 20.8. The predicted octanol–water partition coefficient (Wildman–Crippen LogP) is 2.21. The quantitative estimate of drug-likeness (QED) is 0.617. The number of carbonyl (C=O) groups excluding carboxylic acids is 1. The number of nitro benzene ring substituents is 1. The number of nitro groups is 1. The lowest BCUT2D eigenvalue weighted by Gasteiger charge is -2.10. The minimum Gasteiger partial charge on any atom is -0.494 e. The topological polar surface area (TPSA) is 135 Å². The number of unbranched alkanes of at least 4 members (excludes halogenated alkanes) is 1. The summed E-state index contributed by atoms with van der Waals surface area (Å²) in [6.07, 6.45) is 1.48. The molecule has 2 aromatic rings. The number of ketones is 1. The molecule has 1 aromatic heterocycles. The molecule has 0 atom stereocenters. The number of rotatable bonds is 5. The van der Waals surface area contributed by atoms with Crippen molar-refractivity contribution in [2.75, 3.05) is 0 Å². The minimum atomic E-state index is -0.732. The van der Waals surface area contributed by atoms with Gasteiger partial charge < -0.3 is 9.90 Å². The fourth-order valence-electron chi connectivity index (χ4n) is 2.09. The van der Waals surface area contributed by atoms with Crippen LogP contribution in [-0.2, 0) is 11.3 Å². The summed E-state index contributed by atoms with van der Waals surface area (Å²) >= 11 is 0. The Labute approximate surface area is 149 Å². The summed E-state index contributed by atoms with van der Waals surface area (Å²) in [4.78, 5) is 45.4. The molecule has 0 bridgehead atoms. The second-order valence-corrected chi connectivity index (χ2v) is 5.68. The molecule has 0 aliphatic rings. The van der Waals surface area contributed by atoms with Gasteiger partial charge in [0.1, 0.15) is 11.3 Å². The number of Topliss-reactive ketones (excluding diaryl/α,β-unsaturated/α-hetero) is 1. The first-order chi connectivity index (χ1) is 12.2. The van der Waals surface area contributed by atoms with Crippen molar-refractivity contribution in [2.45, 2.75) is 40.2 Å². The van der Waals surface area contributed by atoms with Crippen LogP contribution in [0.2, 0.25) is 0 Å². The van der Waals surface area contributed by atoms with E-state index in [1.54, 1.807) is 0 Å². The molecule has 0 unspecified atom stereocenters. The summed E-state index contributed by atoms with van der Waals surface area (Å²) in [5.41, 5.74) is -1.31. The number of carbonyl (C=O) groups is 1. The van der Waals surface area contributed by atoms with E-state index in [0.29, 0.717) is 12.0 Å². The van der Waals surface area contributed by atoms with E-state index in [-0.39, 0.29) is 23.6 Å². The van der Waals surface area contributed by atoms with Crippen molar-refractivity contribution in [1.29, 1.82) is 0 Å². The number of hydrogen-bond acceptors (Lipinski definition) is 6. The van der Waals surface area contributed by atoms with Crippen molar-refractivity contribution in [2.24, 2.45) is 0 Å². The van der Waals surface area contributed by atoms with Crippen molar-refractivity contribution >= 4 is 11.5 Å². The van der Waals surface area contributed by atoms with Crippen LogP contribution in [0.25, 0.3) is 11.1 Å². The number of nitrogens with zero attached hydrogens (tertiary/aromatic N) is 2. The number of aromatic amines is 1. The average molecular weight is 363 g/mol. The molecule has 0 saturated heterocycles. The summed E-state index contributed by atoms with van der Waals surface area (Å²) in [6.45, 7) is 5.27. The zero-order chi connectivity index (χ0) is 19.9. The molecule has 0 aliphatic carbocycles. The van der Waals surface area contributed by atoms with Crippen molar-refractivity contribution < 1.29 is 14.8 Å². The van der Waals surface area contributed by atoms with Gasteiger partial charge in [-0.1, -0.05) is 13.3 Å². The molecule has 0 aliphatic heterocycles. The van der Waals surface area contributed by atoms with Crippen LogP contribution in [0, 0.1) is 10.1 Å². The lowest BCUT2D eigenvalue weighted by molar-refractivity contribution is -0.384. The highest BCUT2D eigenvalue weighted by Crippen LogP contribution is 2.26. The van der Waals surface area contributed by atoms with E-state index in [9.17, 15) is 29.6 Å². The first-order valence-electron chi connectivity index (χ1n) is 7.97. The Kier molecular flexibility index (Phi) is 7.45. The highest BCUT2D eigenvalue weighted by atomic mass is 16.6. The van der Waals surface area contributed by atoms with E-state index in [1.165, 1.54) is 38.1 Å². The standard InChI is InChI=1S/C14H15N3O5.C3H6O/c1-2-3-8-16-13(19)11(12(18)15-14(16)20)9-4-6-10(7-5-9)17(21)22;1-3(2)4/h4-7,19H,2-3,8H2,1H3,(H,15,18,20);1-2H3. The SMILES string of the molecule is CC(C)=O.CCCCn1c(O)c(-c2ccc([N+](=O)[O-])cc2)c(=O)[nH]c1=O. The molecule has 0 fully saturated rings. The molecule has 26 heavy (non-hydrogen) atoms. The zero-order valence-corrected chi connectivity index (χ0v) is 14.8. The Balaban J connectivity index is 0.000000765. The minimum absolute atomic E-state index is 0.0781. The van der Waals surface area contributed by atoms with Crippen LogP contribution in [-0.4, -0.2) is 25.4 Å². The van der Waals surface area contributed by atoms with E-state index in [1.807, 2.05) is 6.92 Å². The van der Waals surface area contributed by atoms with Crippen LogP contribution in [0.3, 0.4) is 0 Å². The highest BCUT2D eigenvalue weighted by Gasteiger charge is 2.16. The largest absolute Gasteiger partial charge is 0.494 e. The second-order valence-electron chi connectivity index (χ2n) is 5.68. The van der Waals surface area contributed by atoms with Gasteiger partial charge in [0.15, 0.2) is 0 Å². The normalized spacial score (nSPS) is 9.96. The maximum Gasteiger partial charge on any atom is 0.331 e. The third kappa shape index (κ3) is 5.40. The molecule has 9 heteroatoms. The highest BCUT2D eigenvalue weighted by molar-refractivity contribution is 5.72. The third-order valence-corrected chi connectivity index (χ3v) is 3.27. The molecule has 0 saturated carbocycles. The van der Waals surface area contributed by atoms with Gasteiger partial charge in [-0.25, -0.2) is 4.79 Å². The number of non-ortho nitro benzene ring substituents is 1. The Morgan fingerprint density at radius 3 is 2.23 bits per heavy atom. The van der Waals surface area contributed by atoms with Crippen LogP contribution < -0.4 is 11.2 Å². The number of H-pyrrole nitrogens is 1. The molecule has 140 valence electrons. The summed E-state index contributed by atoms with van der Waals surface area (Å²) in [6, 6.07) is 5.18. The summed E-state index contributed by atoms with van der Waals surface area (Å²) in [5.74, 6) is -0.268. The van der Waals surface area contributed by atoms with Gasteiger partial charge in [-0.3, -0.25) is 24.5 Å². The number of nitrogens with one attached hydrogen (secondary N) is 1. The van der Waals surface area contributed by atoms with Gasteiger partial charge in [0.2, 0.25) is 5.88 Å². The molecule has 9 nitrogen and oxygen atoms in total. The van der Waals surface area contributed by atoms with E-state index in [0.717, 1.165) is 11.0 Å². The molecule has 0 amide bonds. The van der Waals surface area contributed by atoms with Gasteiger partial charge in [0.25, 0.3) is 11.2 Å². The van der Waals surface area contributed by atoms with Crippen LogP contribution in [0.15, 0.2) is 33.9 Å². The Morgan fingerprint density at radius 2 is 1.77 bits per heavy atom. The molecule has 2 rings (SSSR count). The lowest BCUT2D eigenvalue weighted by atomic mass is 10.1. The van der Waals surface area contributed by atoms with Gasteiger partial charge in [0, 0.05) is 18.7 Å². The number of aromatic nitrogens is 2. The maximum absolute atomic E-state index is 11.9. The zero-order valence-electron chi connectivity index (χ0n) is 14.8. The monoisotopic (exact) mass is 363 g/mol. The lowest BCUT2D eigenvalue weighted by Crippen LogP contribution is -2.31. The van der Waals surface area contributed by atoms with Crippen LogP contribution in [0.4, 0.5) is 5.69 Å². The van der Waals surface area contributed by atoms with Gasteiger partial charge in [-0.2, -0.15) is 0 Å². The van der Waals surface area contributed by atoms with E-state index < -0.39 is 22.1 Å². The molecule has 1 heterocycles. The maximum atomic E-state index is 11.9. The smallest absolute Gasteiger partial charge is 0.331 e. The van der Waals surface area contributed by atoms with E-state index in [2.05, 4.69) is 4.98 Å². The van der Waals surface area contributed by atoms with Gasteiger partial charge >= 0.3 is 5.69 Å². The summed E-state index contributed by atoms with van der Waals surface area (Å²) < 4.78 is 1.08. The van der Waals surface area contributed by atoms with Crippen LogP contribution in [0.1, 0.15) is 33.6 Å². The molecular weight excluding hydrogens is 342 g/mol. The van der Waals surface area contributed by atoms with Gasteiger partial charge in [-0.05, 0) is 38.0 Å². The van der Waals surface area contributed by atoms with E-state index in [4.69, 9.17) is 0 Å². The Morgan fingerprint density at radius 1 is 1.23 bits per heavy atom. The van der Waals surface area contributed by atoms with Crippen molar-refractivity contribution in [3.8, 4) is 17.0 Å². The molecule has 0 spiro atoms. The van der Waals surface area contributed by atoms with E-state index >= 15 is 0 Å². The fraction of sp³-hybridized carbons (Fsp3) is 0.353. The fourth-order valence-corrected chi connectivity index (χ4v) is 2.09. The number of aromatic hydroxyl groups is 1. The first-order valence-corrected chi connectivity index (χ1v) is 7.97. The van der Waals surface area contributed by atoms with Crippen molar-refractivity contribution in [3.63, 3.8) is 0 Å². The summed E-state index contributed by atoms with van der Waals surface area (Å²) in [5, 5.41) is 20.9. The van der Waals surface area contributed by atoms with Crippen LogP contribution >= 0.6 is 0 Å². The average Bonchev–Trinajstić information content (AvgIpc) is 2.54. The molecule has 2 N–H and O–H groups in total. The van der Waals surface area contributed by atoms with Gasteiger partial charge in [-0.15, -0.1) is 0 Å². The molecular formula is C17H21N3O6. The van der Waals surface area contributed by atoms with Crippen molar-refractivity contribution in [3.05, 3.63) is 55.2 Å². The summed E-state index contributed by atoms with van der Waals surface area (Å²) in [7, 11) is 0. The van der Waals surface area contributed by atoms with Crippen LogP contribution in [0.5, 0.6) is 5.88 Å². The predicted molar refractivity (Wildman–Crippen MR) is 96.3 cm³/mol. The second kappa shape index (κ2) is 9.30. The third-order valence-electron chi connectivity index (χ3n) is 3.27. The number of benzene rings is 1. The molecule has 0 radical (unpaired) electrons. The Bertz CT molecular complexity index is 892. The number of hydrogen-bond donors (Lipinski definition) is 2. The molecule has 1 aromatic carbocycles. The van der Waals surface area contributed by atoms with Gasteiger partial charge in [0.05, 0.1) is 4.92 Å². The van der Waals surface area contributed by atoms with Crippen molar-refractivity contribution in [1.82, 2.24) is 9.55 Å². The Hall–Kier alpha value is -3.23.